The zero-order valence-electron chi connectivity index (χ0n) is 10.0. The normalized spacial score (nSPS) is 12.2. The maximum Gasteiger partial charge on any atom is 0.251 e. The minimum atomic E-state index is -0.0501. The SMILES string of the molecule is CCC(Cl)CNC(=O)c1cc(C)cc(C)c1. The van der Waals surface area contributed by atoms with Crippen LogP contribution in [0.3, 0.4) is 0 Å². The summed E-state index contributed by atoms with van der Waals surface area (Å²) >= 11 is 5.94. The summed E-state index contributed by atoms with van der Waals surface area (Å²) in [7, 11) is 0. The van der Waals surface area contributed by atoms with Gasteiger partial charge in [0.2, 0.25) is 0 Å². The van der Waals surface area contributed by atoms with E-state index in [1.807, 2.05) is 39.0 Å². The van der Waals surface area contributed by atoms with Gasteiger partial charge < -0.3 is 5.32 Å². The summed E-state index contributed by atoms with van der Waals surface area (Å²) in [5, 5.41) is 2.84. The van der Waals surface area contributed by atoms with Gasteiger partial charge in [0.25, 0.3) is 5.91 Å². The van der Waals surface area contributed by atoms with Crippen LogP contribution in [0.4, 0.5) is 0 Å². The standard InChI is InChI=1S/C13H18ClNO/c1-4-12(14)8-15-13(16)11-6-9(2)5-10(3)7-11/h5-7,12H,4,8H2,1-3H3,(H,15,16). The smallest absolute Gasteiger partial charge is 0.251 e. The van der Waals surface area contributed by atoms with Gasteiger partial charge in [-0.25, -0.2) is 0 Å². The van der Waals surface area contributed by atoms with Crippen molar-refractivity contribution in [3.8, 4) is 0 Å². The summed E-state index contributed by atoms with van der Waals surface area (Å²) in [6.45, 7) is 6.49. The summed E-state index contributed by atoms with van der Waals surface area (Å²) in [5.74, 6) is -0.0501. The highest BCUT2D eigenvalue weighted by Crippen LogP contribution is 2.09. The first-order valence-electron chi connectivity index (χ1n) is 5.53. The van der Waals surface area contributed by atoms with E-state index < -0.39 is 0 Å². The van der Waals surface area contributed by atoms with E-state index in [1.165, 1.54) is 0 Å². The number of hydrogen-bond acceptors (Lipinski definition) is 1. The Morgan fingerprint density at radius 3 is 2.38 bits per heavy atom. The lowest BCUT2D eigenvalue weighted by Gasteiger charge is -2.09. The Bertz CT molecular complexity index is 356. The number of rotatable bonds is 4. The lowest BCUT2D eigenvalue weighted by Crippen LogP contribution is -2.29. The molecule has 0 bridgehead atoms. The van der Waals surface area contributed by atoms with Crippen molar-refractivity contribution in [2.24, 2.45) is 0 Å². The van der Waals surface area contributed by atoms with Crippen LogP contribution in [0.5, 0.6) is 0 Å². The molecule has 0 fully saturated rings. The molecule has 0 aliphatic heterocycles. The number of aryl methyl sites for hydroxylation is 2. The minimum absolute atomic E-state index is 0.00913. The summed E-state index contributed by atoms with van der Waals surface area (Å²) in [5.41, 5.74) is 2.91. The summed E-state index contributed by atoms with van der Waals surface area (Å²) in [6, 6.07) is 5.82. The largest absolute Gasteiger partial charge is 0.351 e. The molecule has 0 heterocycles. The second-order valence-corrected chi connectivity index (χ2v) is 4.71. The first kappa shape index (κ1) is 13.0. The quantitative estimate of drug-likeness (QED) is 0.804. The van der Waals surface area contributed by atoms with E-state index in [-0.39, 0.29) is 11.3 Å². The molecule has 1 unspecified atom stereocenters. The highest BCUT2D eigenvalue weighted by atomic mass is 35.5. The van der Waals surface area contributed by atoms with Crippen molar-refractivity contribution < 1.29 is 4.79 Å². The van der Waals surface area contributed by atoms with Crippen LogP contribution in [0.15, 0.2) is 18.2 Å². The zero-order chi connectivity index (χ0) is 12.1. The van der Waals surface area contributed by atoms with E-state index >= 15 is 0 Å². The van der Waals surface area contributed by atoms with Crippen LogP contribution in [0.25, 0.3) is 0 Å². The van der Waals surface area contributed by atoms with Crippen LogP contribution in [-0.2, 0) is 0 Å². The highest BCUT2D eigenvalue weighted by Gasteiger charge is 2.08. The Labute approximate surface area is 102 Å². The molecule has 0 aliphatic rings. The predicted molar refractivity (Wildman–Crippen MR) is 68.2 cm³/mol. The number of nitrogens with one attached hydrogen (secondary N) is 1. The average molecular weight is 240 g/mol. The summed E-state index contributed by atoms with van der Waals surface area (Å²) in [4.78, 5) is 11.8. The second kappa shape index (κ2) is 5.90. The third-order valence-corrected chi connectivity index (χ3v) is 2.87. The topological polar surface area (TPSA) is 29.1 Å². The number of alkyl halides is 1. The third kappa shape index (κ3) is 3.86. The Morgan fingerprint density at radius 1 is 1.31 bits per heavy atom. The Hall–Kier alpha value is -1.02. The van der Waals surface area contributed by atoms with Crippen molar-refractivity contribution in [2.45, 2.75) is 32.6 Å². The molecule has 0 saturated heterocycles. The molecule has 0 spiro atoms. The van der Waals surface area contributed by atoms with Gasteiger partial charge in [-0.1, -0.05) is 24.1 Å². The van der Waals surface area contributed by atoms with Crippen molar-refractivity contribution in [1.82, 2.24) is 5.32 Å². The number of hydrogen-bond donors (Lipinski definition) is 1. The van der Waals surface area contributed by atoms with E-state index in [1.54, 1.807) is 0 Å². The molecule has 0 radical (unpaired) electrons. The van der Waals surface area contributed by atoms with Crippen molar-refractivity contribution in [1.29, 1.82) is 0 Å². The van der Waals surface area contributed by atoms with Crippen molar-refractivity contribution in [2.75, 3.05) is 6.54 Å². The van der Waals surface area contributed by atoms with Crippen LogP contribution in [0, 0.1) is 13.8 Å². The number of amides is 1. The monoisotopic (exact) mass is 239 g/mol. The highest BCUT2D eigenvalue weighted by molar-refractivity contribution is 6.20. The summed E-state index contributed by atoms with van der Waals surface area (Å²) in [6.07, 6.45) is 0.856. The van der Waals surface area contributed by atoms with E-state index in [0.29, 0.717) is 12.1 Å². The molecule has 1 aromatic carbocycles. The number of carbonyl (C=O) groups excluding carboxylic acids is 1. The molecule has 0 aliphatic carbocycles. The van der Waals surface area contributed by atoms with Crippen LogP contribution < -0.4 is 5.32 Å². The molecule has 2 nitrogen and oxygen atoms in total. The Kier molecular flexibility index (Phi) is 4.81. The van der Waals surface area contributed by atoms with Gasteiger partial charge in [-0.2, -0.15) is 0 Å². The molecular weight excluding hydrogens is 222 g/mol. The molecule has 3 heteroatoms. The Morgan fingerprint density at radius 2 is 1.88 bits per heavy atom. The zero-order valence-corrected chi connectivity index (χ0v) is 10.8. The number of halogens is 1. The fourth-order valence-corrected chi connectivity index (χ4v) is 1.63. The van der Waals surface area contributed by atoms with Gasteiger partial charge in [-0.15, -0.1) is 11.6 Å². The van der Waals surface area contributed by atoms with E-state index in [9.17, 15) is 4.79 Å². The molecule has 1 atom stereocenters. The molecule has 1 aromatic rings. The van der Waals surface area contributed by atoms with Gasteiger partial charge in [0.05, 0.1) is 5.38 Å². The lowest BCUT2D eigenvalue weighted by molar-refractivity contribution is 0.0953. The van der Waals surface area contributed by atoms with Crippen LogP contribution >= 0.6 is 11.6 Å². The third-order valence-electron chi connectivity index (χ3n) is 2.41. The first-order valence-corrected chi connectivity index (χ1v) is 5.97. The molecule has 1 amide bonds. The molecule has 16 heavy (non-hydrogen) atoms. The fourth-order valence-electron chi connectivity index (χ4n) is 1.56. The van der Waals surface area contributed by atoms with E-state index in [2.05, 4.69) is 5.32 Å². The Balaban J connectivity index is 2.66. The van der Waals surface area contributed by atoms with Crippen LogP contribution in [0.1, 0.15) is 34.8 Å². The lowest BCUT2D eigenvalue weighted by atomic mass is 10.1. The molecular formula is C13H18ClNO. The van der Waals surface area contributed by atoms with Crippen LogP contribution in [-0.4, -0.2) is 17.8 Å². The second-order valence-electron chi connectivity index (χ2n) is 4.09. The summed E-state index contributed by atoms with van der Waals surface area (Å²) < 4.78 is 0. The van der Waals surface area contributed by atoms with Crippen molar-refractivity contribution in [3.05, 3.63) is 34.9 Å². The van der Waals surface area contributed by atoms with E-state index in [0.717, 1.165) is 17.5 Å². The van der Waals surface area contributed by atoms with Gasteiger partial charge in [0.15, 0.2) is 0 Å². The van der Waals surface area contributed by atoms with E-state index in [4.69, 9.17) is 11.6 Å². The van der Waals surface area contributed by atoms with Crippen molar-refractivity contribution >= 4 is 17.5 Å². The van der Waals surface area contributed by atoms with Gasteiger partial charge in [0, 0.05) is 12.1 Å². The van der Waals surface area contributed by atoms with Gasteiger partial charge >= 0.3 is 0 Å². The first-order chi connectivity index (χ1) is 7.52. The molecule has 1 rings (SSSR count). The average Bonchev–Trinajstić information content (AvgIpc) is 2.23. The maximum atomic E-state index is 11.8. The molecule has 0 aromatic heterocycles. The molecule has 0 saturated carbocycles. The fraction of sp³-hybridized carbons (Fsp3) is 0.462. The van der Waals surface area contributed by atoms with Gasteiger partial charge in [0.1, 0.15) is 0 Å². The minimum Gasteiger partial charge on any atom is -0.351 e. The maximum absolute atomic E-state index is 11.8. The van der Waals surface area contributed by atoms with Crippen LogP contribution in [0.2, 0.25) is 0 Å². The van der Waals surface area contributed by atoms with Gasteiger partial charge in [-0.05, 0) is 32.4 Å². The molecule has 88 valence electrons. The number of benzene rings is 1. The van der Waals surface area contributed by atoms with Crippen molar-refractivity contribution in [3.63, 3.8) is 0 Å². The molecule has 1 N–H and O–H groups in total. The predicted octanol–water partition coefficient (Wildman–Crippen LogP) is 3.05. The number of carbonyl (C=O) groups is 1. The van der Waals surface area contributed by atoms with Gasteiger partial charge in [-0.3, -0.25) is 4.79 Å².